The van der Waals surface area contributed by atoms with Gasteiger partial charge < -0.3 is 10.6 Å². The average Bonchev–Trinajstić information content (AvgIpc) is 2.28. The number of rotatable bonds is 4. The Morgan fingerprint density at radius 2 is 2.13 bits per heavy atom. The number of aromatic nitrogens is 1. The maximum absolute atomic E-state index is 11.5. The molecule has 82 valence electrons. The summed E-state index contributed by atoms with van der Waals surface area (Å²) in [5, 5.41) is 5.56. The van der Waals surface area contributed by atoms with Crippen molar-refractivity contribution in [3.05, 3.63) is 23.4 Å². The van der Waals surface area contributed by atoms with Gasteiger partial charge in [-0.3, -0.25) is 4.79 Å². The summed E-state index contributed by atoms with van der Waals surface area (Å²) in [4.78, 5) is 15.8. The molecule has 0 bridgehead atoms. The zero-order chi connectivity index (χ0) is 11.3. The van der Waals surface area contributed by atoms with Crippen molar-refractivity contribution in [2.75, 3.05) is 19.4 Å². The van der Waals surface area contributed by atoms with Gasteiger partial charge in [-0.15, -0.1) is 0 Å². The molecule has 1 heterocycles. The van der Waals surface area contributed by atoms with Gasteiger partial charge in [0, 0.05) is 25.4 Å². The minimum atomic E-state index is -0.0775. The quantitative estimate of drug-likeness (QED) is 0.785. The van der Waals surface area contributed by atoms with Crippen LogP contribution < -0.4 is 10.6 Å². The van der Waals surface area contributed by atoms with E-state index in [1.54, 1.807) is 20.2 Å². The van der Waals surface area contributed by atoms with E-state index >= 15 is 0 Å². The lowest BCUT2D eigenvalue weighted by atomic mass is 10.1. The molecule has 4 heteroatoms. The topological polar surface area (TPSA) is 54.0 Å². The van der Waals surface area contributed by atoms with Gasteiger partial charge in [0.25, 0.3) is 5.91 Å². The molecule has 1 amide bonds. The summed E-state index contributed by atoms with van der Waals surface area (Å²) in [5.41, 5.74) is 1.60. The highest BCUT2D eigenvalue weighted by atomic mass is 16.1. The van der Waals surface area contributed by atoms with E-state index in [0.717, 1.165) is 24.4 Å². The number of hydrogen-bond donors (Lipinski definition) is 2. The van der Waals surface area contributed by atoms with Crippen molar-refractivity contribution in [1.29, 1.82) is 0 Å². The molecule has 0 fully saturated rings. The summed E-state index contributed by atoms with van der Waals surface area (Å²) in [6.45, 7) is 2.09. The van der Waals surface area contributed by atoms with Crippen molar-refractivity contribution < 1.29 is 4.79 Å². The van der Waals surface area contributed by atoms with Crippen LogP contribution in [0.5, 0.6) is 0 Å². The Morgan fingerprint density at radius 1 is 1.40 bits per heavy atom. The first-order valence-corrected chi connectivity index (χ1v) is 5.12. The van der Waals surface area contributed by atoms with Crippen molar-refractivity contribution in [2.24, 2.45) is 0 Å². The van der Waals surface area contributed by atoms with Gasteiger partial charge in [-0.05, 0) is 18.6 Å². The van der Waals surface area contributed by atoms with Gasteiger partial charge in [0.2, 0.25) is 0 Å². The molecule has 0 aliphatic rings. The number of amides is 1. The lowest BCUT2D eigenvalue weighted by Gasteiger charge is -2.07. The number of pyridine rings is 1. The SMILES string of the molecule is CCCc1cc(C(=O)NC)cc(NC)n1. The zero-order valence-electron chi connectivity index (χ0n) is 9.42. The lowest BCUT2D eigenvalue weighted by Crippen LogP contribution is -2.18. The van der Waals surface area contributed by atoms with Crippen LogP contribution in [0.15, 0.2) is 12.1 Å². The molecule has 1 aromatic heterocycles. The fourth-order valence-electron chi connectivity index (χ4n) is 1.38. The van der Waals surface area contributed by atoms with Gasteiger partial charge in [-0.1, -0.05) is 13.3 Å². The maximum atomic E-state index is 11.5. The van der Waals surface area contributed by atoms with Gasteiger partial charge in [0.05, 0.1) is 0 Å². The van der Waals surface area contributed by atoms with Gasteiger partial charge >= 0.3 is 0 Å². The van der Waals surface area contributed by atoms with E-state index in [9.17, 15) is 4.79 Å². The summed E-state index contributed by atoms with van der Waals surface area (Å²) in [5.74, 6) is 0.658. The number of anilines is 1. The molecule has 0 radical (unpaired) electrons. The van der Waals surface area contributed by atoms with Gasteiger partial charge in [0.1, 0.15) is 5.82 Å². The van der Waals surface area contributed by atoms with Crippen molar-refractivity contribution in [3.8, 4) is 0 Å². The minimum absolute atomic E-state index is 0.0775. The van der Waals surface area contributed by atoms with Crippen molar-refractivity contribution >= 4 is 11.7 Å². The van der Waals surface area contributed by atoms with E-state index in [1.165, 1.54) is 0 Å². The van der Waals surface area contributed by atoms with Gasteiger partial charge in [-0.25, -0.2) is 4.98 Å². The smallest absolute Gasteiger partial charge is 0.251 e. The van der Waals surface area contributed by atoms with E-state index < -0.39 is 0 Å². The molecule has 2 N–H and O–H groups in total. The molecular weight excluding hydrogens is 190 g/mol. The molecule has 4 nitrogen and oxygen atoms in total. The summed E-state index contributed by atoms with van der Waals surface area (Å²) in [6.07, 6.45) is 1.91. The van der Waals surface area contributed by atoms with Crippen LogP contribution in [0.3, 0.4) is 0 Å². The van der Waals surface area contributed by atoms with Gasteiger partial charge in [-0.2, -0.15) is 0 Å². The Hall–Kier alpha value is -1.58. The van der Waals surface area contributed by atoms with E-state index in [-0.39, 0.29) is 5.91 Å². The Morgan fingerprint density at radius 3 is 2.67 bits per heavy atom. The van der Waals surface area contributed by atoms with Gasteiger partial charge in [0.15, 0.2) is 0 Å². The predicted molar refractivity (Wildman–Crippen MR) is 61.2 cm³/mol. The first-order chi connectivity index (χ1) is 7.21. The van der Waals surface area contributed by atoms with E-state index in [0.29, 0.717) is 5.56 Å². The summed E-state index contributed by atoms with van der Waals surface area (Å²) < 4.78 is 0. The third kappa shape index (κ3) is 2.94. The van der Waals surface area contributed by atoms with Crippen LogP contribution in [0, 0.1) is 0 Å². The maximum Gasteiger partial charge on any atom is 0.251 e. The molecule has 0 saturated heterocycles. The highest BCUT2D eigenvalue weighted by Crippen LogP contribution is 2.11. The Bertz CT molecular complexity index is 350. The normalized spacial score (nSPS) is 9.80. The Balaban J connectivity index is 3.05. The number of nitrogens with one attached hydrogen (secondary N) is 2. The van der Waals surface area contributed by atoms with Crippen molar-refractivity contribution in [1.82, 2.24) is 10.3 Å². The number of nitrogens with zero attached hydrogens (tertiary/aromatic N) is 1. The number of hydrogen-bond acceptors (Lipinski definition) is 3. The average molecular weight is 207 g/mol. The second-order valence-corrected chi connectivity index (χ2v) is 3.31. The highest BCUT2D eigenvalue weighted by Gasteiger charge is 2.07. The zero-order valence-corrected chi connectivity index (χ0v) is 9.42. The first kappa shape index (κ1) is 11.5. The molecule has 15 heavy (non-hydrogen) atoms. The highest BCUT2D eigenvalue weighted by molar-refractivity contribution is 5.94. The summed E-state index contributed by atoms with van der Waals surface area (Å²) in [6, 6.07) is 3.58. The third-order valence-corrected chi connectivity index (χ3v) is 2.13. The number of carbonyl (C=O) groups excluding carboxylic acids is 1. The molecule has 0 unspecified atom stereocenters. The molecule has 0 aromatic carbocycles. The molecule has 0 saturated carbocycles. The molecule has 0 atom stereocenters. The van der Waals surface area contributed by atoms with Crippen LogP contribution in [0.1, 0.15) is 29.4 Å². The third-order valence-electron chi connectivity index (χ3n) is 2.13. The van der Waals surface area contributed by atoms with E-state index in [4.69, 9.17) is 0 Å². The summed E-state index contributed by atoms with van der Waals surface area (Å²) >= 11 is 0. The van der Waals surface area contributed by atoms with E-state index in [1.807, 2.05) is 6.07 Å². The van der Waals surface area contributed by atoms with E-state index in [2.05, 4.69) is 22.5 Å². The summed E-state index contributed by atoms with van der Waals surface area (Å²) in [7, 11) is 3.42. The van der Waals surface area contributed by atoms with Crippen LogP contribution in [-0.4, -0.2) is 25.0 Å². The monoisotopic (exact) mass is 207 g/mol. The van der Waals surface area contributed by atoms with Crippen LogP contribution >= 0.6 is 0 Å². The molecule has 0 spiro atoms. The Kier molecular flexibility index (Phi) is 4.09. The number of carbonyl (C=O) groups is 1. The standard InChI is InChI=1S/C11H17N3O/c1-4-5-9-6-8(11(15)13-3)7-10(12-2)14-9/h6-7H,4-5H2,1-3H3,(H,12,14)(H,13,15). The fraction of sp³-hybridized carbons (Fsp3) is 0.455. The second-order valence-electron chi connectivity index (χ2n) is 3.31. The minimum Gasteiger partial charge on any atom is -0.373 e. The van der Waals surface area contributed by atoms with Crippen LogP contribution in [0.2, 0.25) is 0 Å². The van der Waals surface area contributed by atoms with Crippen molar-refractivity contribution in [3.63, 3.8) is 0 Å². The number of aryl methyl sites for hydroxylation is 1. The van der Waals surface area contributed by atoms with Crippen LogP contribution in [-0.2, 0) is 6.42 Å². The molecule has 1 aromatic rings. The largest absolute Gasteiger partial charge is 0.373 e. The van der Waals surface area contributed by atoms with Crippen LogP contribution in [0.4, 0.5) is 5.82 Å². The lowest BCUT2D eigenvalue weighted by molar-refractivity contribution is 0.0963. The van der Waals surface area contributed by atoms with Crippen LogP contribution in [0.25, 0.3) is 0 Å². The molecular formula is C11H17N3O. The van der Waals surface area contributed by atoms with Crippen molar-refractivity contribution in [2.45, 2.75) is 19.8 Å². The predicted octanol–water partition coefficient (Wildman–Crippen LogP) is 1.44. The fourth-order valence-corrected chi connectivity index (χ4v) is 1.38. The second kappa shape index (κ2) is 5.34. The molecule has 0 aliphatic carbocycles. The first-order valence-electron chi connectivity index (χ1n) is 5.12. The molecule has 1 rings (SSSR count). The Labute approximate surface area is 90.1 Å². The molecule has 0 aliphatic heterocycles.